The van der Waals surface area contributed by atoms with Crippen LogP contribution in [0, 0.1) is 12.1 Å². The summed E-state index contributed by atoms with van der Waals surface area (Å²) in [4.78, 5) is 2.62. The molecule has 0 aromatic carbocycles. The van der Waals surface area contributed by atoms with Crippen molar-refractivity contribution in [1.29, 1.82) is 0 Å². The summed E-state index contributed by atoms with van der Waals surface area (Å²) in [5.74, 6) is -3.10. The Morgan fingerprint density at radius 1 is 1.38 bits per heavy atom. The number of likely N-dealkylation sites (tertiary alicyclic amines) is 1. The number of hydrogen-bond donors (Lipinski definition) is 1. The molecule has 0 bridgehead atoms. The first-order valence-electron chi connectivity index (χ1n) is 7.93. The molecule has 1 spiro atoms. The molecule has 0 radical (unpaired) electrons. The SMILES string of the molecule is Cc1n[nH]cc1CN1CCC2(CC1)OCC(F)(F)c1cc(F)sc12. The van der Waals surface area contributed by atoms with Gasteiger partial charge in [0.1, 0.15) is 12.2 Å². The van der Waals surface area contributed by atoms with Crippen LogP contribution in [0.1, 0.15) is 34.5 Å². The Balaban J connectivity index is 1.53. The molecule has 1 fully saturated rings. The molecule has 4 heterocycles. The van der Waals surface area contributed by atoms with E-state index in [2.05, 4.69) is 15.1 Å². The van der Waals surface area contributed by atoms with Crippen LogP contribution in [0.2, 0.25) is 0 Å². The summed E-state index contributed by atoms with van der Waals surface area (Å²) >= 11 is 0.802. The van der Waals surface area contributed by atoms with Gasteiger partial charge in [-0.2, -0.15) is 18.3 Å². The van der Waals surface area contributed by atoms with E-state index in [1.165, 1.54) is 0 Å². The standard InChI is InChI=1S/C16H18F3N3OS/c1-10-11(7-20-21-10)8-22-4-2-15(3-5-22)14-12(6-13(17)24-14)16(18,19)9-23-15/h6-7H,2-5,8-9H2,1H3,(H,20,21). The van der Waals surface area contributed by atoms with Crippen LogP contribution in [-0.4, -0.2) is 34.8 Å². The van der Waals surface area contributed by atoms with Crippen LogP contribution in [0.4, 0.5) is 13.2 Å². The van der Waals surface area contributed by atoms with Gasteiger partial charge in [0, 0.05) is 41.8 Å². The van der Waals surface area contributed by atoms with Crippen LogP contribution >= 0.6 is 11.3 Å². The van der Waals surface area contributed by atoms with Gasteiger partial charge in [0.2, 0.25) is 0 Å². The van der Waals surface area contributed by atoms with E-state index < -0.39 is 23.3 Å². The van der Waals surface area contributed by atoms with E-state index in [0.717, 1.165) is 48.3 Å². The minimum atomic E-state index is -3.10. The number of nitrogens with one attached hydrogen (secondary N) is 1. The number of ether oxygens (including phenoxy) is 1. The third-order valence-electron chi connectivity index (χ3n) is 5.03. The molecule has 2 aliphatic heterocycles. The van der Waals surface area contributed by atoms with Crippen LogP contribution in [-0.2, 0) is 22.8 Å². The maximum Gasteiger partial charge on any atom is 0.297 e. The number of hydrogen-bond acceptors (Lipinski definition) is 4. The molecule has 0 amide bonds. The summed E-state index contributed by atoms with van der Waals surface area (Å²) < 4.78 is 47.3. The predicted molar refractivity (Wildman–Crippen MR) is 83.6 cm³/mol. The second-order valence-corrected chi connectivity index (χ2v) is 7.56. The van der Waals surface area contributed by atoms with E-state index in [-0.39, 0.29) is 5.56 Å². The molecule has 130 valence electrons. The highest BCUT2D eigenvalue weighted by molar-refractivity contribution is 7.10. The fraction of sp³-hybridized carbons (Fsp3) is 0.562. The van der Waals surface area contributed by atoms with Crippen molar-refractivity contribution in [3.8, 4) is 0 Å². The Bertz CT molecular complexity index is 750. The van der Waals surface area contributed by atoms with Gasteiger partial charge >= 0.3 is 0 Å². The predicted octanol–water partition coefficient (Wildman–Crippen LogP) is 3.53. The third kappa shape index (κ3) is 2.57. The van der Waals surface area contributed by atoms with Crippen LogP contribution in [0.25, 0.3) is 0 Å². The van der Waals surface area contributed by atoms with Crippen molar-refractivity contribution in [2.45, 2.75) is 37.8 Å². The van der Waals surface area contributed by atoms with Crippen molar-refractivity contribution in [2.75, 3.05) is 19.7 Å². The first-order chi connectivity index (χ1) is 11.4. The largest absolute Gasteiger partial charge is 0.363 e. The number of halogens is 3. The maximum absolute atomic E-state index is 14.0. The fourth-order valence-electron chi connectivity index (χ4n) is 3.57. The first-order valence-corrected chi connectivity index (χ1v) is 8.75. The van der Waals surface area contributed by atoms with Gasteiger partial charge in [-0.15, -0.1) is 11.3 Å². The number of aromatic amines is 1. The summed E-state index contributed by atoms with van der Waals surface area (Å²) in [6.07, 6.45) is 3.06. The fourth-order valence-corrected chi connectivity index (χ4v) is 4.71. The summed E-state index contributed by atoms with van der Waals surface area (Å²) in [5.41, 5.74) is 1.14. The van der Waals surface area contributed by atoms with Gasteiger partial charge in [-0.1, -0.05) is 0 Å². The van der Waals surface area contributed by atoms with Crippen LogP contribution in [0.5, 0.6) is 0 Å². The zero-order chi connectivity index (χ0) is 16.9. The van der Waals surface area contributed by atoms with Crippen LogP contribution in [0.3, 0.4) is 0 Å². The van der Waals surface area contributed by atoms with Gasteiger partial charge in [0.25, 0.3) is 5.92 Å². The summed E-state index contributed by atoms with van der Waals surface area (Å²) in [6, 6.07) is 0.978. The lowest BCUT2D eigenvalue weighted by molar-refractivity contribution is -0.182. The Labute approximate surface area is 141 Å². The van der Waals surface area contributed by atoms with Gasteiger partial charge in [0.05, 0.1) is 5.69 Å². The molecule has 8 heteroatoms. The Kier molecular flexibility index (Phi) is 3.74. The number of thiophene rings is 1. The van der Waals surface area contributed by atoms with E-state index in [9.17, 15) is 13.2 Å². The lowest BCUT2D eigenvalue weighted by atomic mass is 9.84. The molecule has 4 rings (SSSR count). The molecule has 2 aliphatic rings. The number of rotatable bonds is 2. The van der Waals surface area contributed by atoms with Crippen molar-refractivity contribution in [3.63, 3.8) is 0 Å². The molecule has 2 aromatic heterocycles. The first kappa shape index (κ1) is 16.1. The molecule has 1 saturated heterocycles. The number of alkyl halides is 2. The van der Waals surface area contributed by atoms with Crippen molar-refractivity contribution in [1.82, 2.24) is 15.1 Å². The molecule has 0 unspecified atom stereocenters. The Morgan fingerprint density at radius 2 is 2.12 bits per heavy atom. The van der Waals surface area contributed by atoms with Gasteiger partial charge in [0.15, 0.2) is 5.13 Å². The normalized spacial score (nSPS) is 22.7. The van der Waals surface area contributed by atoms with Gasteiger partial charge in [-0.05, 0) is 25.8 Å². The lowest BCUT2D eigenvalue weighted by Crippen LogP contribution is -2.48. The number of fused-ring (bicyclic) bond motifs is 2. The van der Waals surface area contributed by atoms with Crippen molar-refractivity contribution in [2.24, 2.45) is 0 Å². The molecule has 1 N–H and O–H groups in total. The topological polar surface area (TPSA) is 41.2 Å². The van der Waals surface area contributed by atoms with Crippen molar-refractivity contribution < 1.29 is 17.9 Å². The average molecular weight is 357 g/mol. The van der Waals surface area contributed by atoms with E-state index in [1.54, 1.807) is 0 Å². The minimum Gasteiger partial charge on any atom is -0.363 e. The molecular weight excluding hydrogens is 339 g/mol. The van der Waals surface area contributed by atoms with Crippen LogP contribution in [0.15, 0.2) is 12.3 Å². The lowest BCUT2D eigenvalue weighted by Gasteiger charge is -2.45. The summed E-state index contributed by atoms with van der Waals surface area (Å²) in [7, 11) is 0. The minimum absolute atomic E-state index is 0.185. The zero-order valence-corrected chi connectivity index (χ0v) is 14.1. The monoisotopic (exact) mass is 357 g/mol. The van der Waals surface area contributed by atoms with Crippen LogP contribution < -0.4 is 0 Å². The molecule has 0 saturated carbocycles. The molecular formula is C16H18F3N3OS. The molecule has 0 aliphatic carbocycles. The Hall–Kier alpha value is -1.38. The number of aromatic nitrogens is 2. The summed E-state index contributed by atoms with van der Waals surface area (Å²) in [5, 5.41) is 6.39. The molecule has 0 atom stereocenters. The van der Waals surface area contributed by atoms with E-state index in [0.29, 0.717) is 17.7 Å². The average Bonchev–Trinajstić information content (AvgIpc) is 3.13. The smallest absolute Gasteiger partial charge is 0.297 e. The van der Waals surface area contributed by atoms with E-state index in [4.69, 9.17) is 4.74 Å². The quantitative estimate of drug-likeness (QED) is 0.894. The number of piperidine rings is 1. The van der Waals surface area contributed by atoms with Crippen molar-refractivity contribution >= 4 is 11.3 Å². The van der Waals surface area contributed by atoms with E-state index >= 15 is 0 Å². The summed E-state index contributed by atoms with van der Waals surface area (Å²) in [6.45, 7) is 3.48. The molecule has 24 heavy (non-hydrogen) atoms. The maximum atomic E-state index is 14.0. The highest BCUT2D eigenvalue weighted by Gasteiger charge is 2.51. The molecule has 2 aromatic rings. The van der Waals surface area contributed by atoms with Gasteiger partial charge < -0.3 is 4.74 Å². The highest BCUT2D eigenvalue weighted by atomic mass is 32.1. The second-order valence-electron chi connectivity index (χ2n) is 6.55. The Morgan fingerprint density at radius 3 is 2.79 bits per heavy atom. The van der Waals surface area contributed by atoms with E-state index in [1.807, 2.05) is 13.1 Å². The number of nitrogens with zero attached hydrogens (tertiary/aromatic N) is 2. The van der Waals surface area contributed by atoms with Gasteiger partial charge in [-0.3, -0.25) is 10.00 Å². The zero-order valence-electron chi connectivity index (χ0n) is 13.2. The van der Waals surface area contributed by atoms with Gasteiger partial charge in [-0.25, -0.2) is 0 Å². The number of H-pyrrole nitrogens is 1. The molecule has 4 nitrogen and oxygen atoms in total. The number of aryl methyl sites for hydroxylation is 1. The second kappa shape index (κ2) is 5.57. The highest BCUT2D eigenvalue weighted by Crippen LogP contribution is 2.51. The third-order valence-corrected chi connectivity index (χ3v) is 6.14. The van der Waals surface area contributed by atoms with Crippen molar-refractivity contribution in [3.05, 3.63) is 39.1 Å².